The van der Waals surface area contributed by atoms with Crippen LogP contribution in [-0.2, 0) is 19.1 Å². The van der Waals surface area contributed by atoms with Crippen LogP contribution in [0.1, 0.15) is 43.7 Å². The summed E-state index contributed by atoms with van der Waals surface area (Å²) in [5, 5.41) is 14.8. The van der Waals surface area contributed by atoms with Crippen LogP contribution < -0.4 is 10.6 Å². The quantitative estimate of drug-likeness (QED) is 0.506. The topological polar surface area (TPSA) is 114 Å². The number of aliphatic carboxylic acids is 1. The number of hydrogen-bond acceptors (Lipinski definition) is 5. The summed E-state index contributed by atoms with van der Waals surface area (Å²) in [5.41, 5.74) is 4.54. The van der Waals surface area contributed by atoms with E-state index in [1.54, 1.807) is 0 Å². The molecule has 1 saturated heterocycles. The average molecular weight is 481 g/mol. The van der Waals surface area contributed by atoms with Gasteiger partial charge in [-0.05, 0) is 41.0 Å². The van der Waals surface area contributed by atoms with Crippen molar-refractivity contribution < 1.29 is 29.0 Å². The molecule has 1 aliphatic carbocycles. The van der Waals surface area contributed by atoms with Crippen LogP contribution in [0, 0.1) is 11.8 Å². The molecule has 0 saturated carbocycles. The van der Waals surface area contributed by atoms with Gasteiger partial charge in [0.2, 0.25) is 0 Å². The van der Waals surface area contributed by atoms with Gasteiger partial charge in [0.1, 0.15) is 6.61 Å². The lowest BCUT2D eigenvalue weighted by atomic mass is 9.97. The van der Waals surface area contributed by atoms with Gasteiger partial charge < -0.3 is 25.2 Å². The van der Waals surface area contributed by atoms with Gasteiger partial charge in [-0.2, -0.15) is 0 Å². The van der Waals surface area contributed by atoms with E-state index in [1.807, 2.05) is 38.1 Å². The minimum atomic E-state index is -0.945. The van der Waals surface area contributed by atoms with E-state index in [9.17, 15) is 19.5 Å². The van der Waals surface area contributed by atoms with Gasteiger partial charge >= 0.3 is 12.1 Å². The lowest BCUT2D eigenvalue weighted by Gasteiger charge is -2.21. The van der Waals surface area contributed by atoms with E-state index in [2.05, 4.69) is 34.9 Å². The minimum absolute atomic E-state index is 0.0177. The van der Waals surface area contributed by atoms with Crippen molar-refractivity contribution >= 4 is 18.0 Å². The Morgan fingerprint density at radius 3 is 2.29 bits per heavy atom. The fraction of sp³-hybridized carbons (Fsp3) is 0.444. The van der Waals surface area contributed by atoms with Gasteiger partial charge in [0.15, 0.2) is 6.10 Å². The molecule has 2 aromatic carbocycles. The second-order valence-electron chi connectivity index (χ2n) is 9.57. The van der Waals surface area contributed by atoms with Crippen LogP contribution in [0.3, 0.4) is 0 Å². The minimum Gasteiger partial charge on any atom is -0.481 e. The molecule has 8 heteroatoms. The molecular weight excluding hydrogens is 448 g/mol. The predicted molar refractivity (Wildman–Crippen MR) is 130 cm³/mol. The molecule has 0 spiro atoms. The van der Waals surface area contributed by atoms with E-state index in [0.29, 0.717) is 19.4 Å². The standard InChI is InChI=1S/C27H32N2O6/c1-16(2)13-17(26(31)32)14-28-25(30)24-23(11-12-34-24)29-27(33)35-15-22-20-9-5-3-7-18(20)19-8-4-6-10-21(19)22/h3-10,16-17,22-24H,11-15H2,1-2H3,(H,28,30)(H,29,33)(H,31,32)/t17?,23-,24+/m1/s1. The Kier molecular flexibility index (Phi) is 7.70. The first kappa shape index (κ1) is 24.7. The third kappa shape index (κ3) is 5.65. The highest BCUT2D eigenvalue weighted by Crippen LogP contribution is 2.44. The van der Waals surface area contributed by atoms with Crippen LogP contribution in [0.25, 0.3) is 11.1 Å². The molecule has 186 valence electrons. The Hall–Kier alpha value is -3.39. The molecule has 3 atom stereocenters. The molecule has 1 fully saturated rings. The van der Waals surface area contributed by atoms with E-state index in [4.69, 9.17) is 9.47 Å². The van der Waals surface area contributed by atoms with Crippen molar-refractivity contribution in [3.63, 3.8) is 0 Å². The number of alkyl carbamates (subject to hydrolysis) is 1. The van der Waals surface area contributed by atoms with E-state index < -0.39 is 36.0 Å². The van der Waals surface area contributed by atoms with Gasteiger partial charge in [-0.15, -0.1) is 0 Å². The Morgan fingerprint density at radius 2 is 1.69 bits per heavy atom. The number of carbonyl (C=O) groups excluding carboxylic acids is 2. The monoisotopic (exact) mass is 480 g/mol. The summed E-state index contributed by atoms with van der Waals surface area (Å²) in [6.07, 6.45) is -0.563. The molecule has 35 heavy (non-hydrogen) atoms. The number of hydrogen-bond donors (Lipinski definition) is 3. The van der Waals surface area contributed by atoms with Crippen molar-refractivity contribution in [1.82, 2.24) is 10.6 Å². The van der Waals surface area contributed by atoms with Gasteiger partial charge in [-0.25, -0.2) is 4.79 Å². The molecule has 8 nitrogen and oxygen atoms in total. The molecular formula is C27H32N2O6. The highest BCUT2D eigenvalue weighted by atomic mass is 16.6. The molecule has 1 unspecified atom stereocenters. The maximum absolute atomic E-state index is 12.7. The number of fused-ring (bicyclic) bond motifs is 3. The van der Waals surface area contributed by atoms with Crippen LogP contribution in [0.4, 0.5) is 4.79 Å². The fourth-order valence-corrected chi connectivity index (χ4v) is 4.95. The maximum Gasteiger partial charge on any atom is 0.407 e. The first-order chi connectivity index (χ1) is 16.8. The Labute approximate surface area is 205 Å². The lowest BCUT2D eigenvalue weighted by Crippen LogP contribution is -2.49. The van der Waals surface area contributed by atoms with E-state index in [0.717, 1.165) is 22.3 Å². The van der Waals surface area contributed by atoms with Gasteiger partial charge in [0.05, 0.1) is 12.0 Å². The Balaban J connectivity index is 1.32. The second-order valence-corrected chi connectivity index (χ2v) is 9.57. The zero-order chi connectivity index (χ0) is 24.9. The van der Waals surface area contributed by atoms with Crippen molar-refractivity contribution in [1.29, 1.82) is 0 Å². The summed E-state index contributed by atoms with van der Waals surface area (Å²) in [6, 6.07) is 15.7. The van der Waals surface area contributed by atoms with Crippen LogP contribution >= 0.6 is 0 Å². The number of benzene rings is 2. The molecule has 1 heterocycles. The lowest BCUT2D eigenvalue weighted by molar-refractivity contribution is -0.142. The highest BCUT2D eigenvalue weighted by molar-refractivity contribution is 5.83. The molecule has 3 N–H and O–H groups in total. The zero-order valence-electron chi connectivity index (χ0n) is 20.0. The first-order valence-corrected chi connectivity index (χ1v) is 12.1. The highest BCUT2D eigenvalue weighted by Gasteiger charge is 2.36. The van der Waals surface area contributed by atoms with E-state index >= 15 is 0 Å². The van der Waals surface area contributed by atoms with E-state index in [-0.39, 0.29) is 25.0 Å². The molecule has 1 aliphatic heterocycles. The fourth-order valence-electron chi connectivity index (χ4n) is 4.95. The summed E-state index contributed by atoms with van der Waals surface area (Å²) in [7, 11) is 0. The van der Waals surface area contributed by atoms with Crippen molar-refractivity contribution in [3.05, 3.63) is 59.7 Å². The molecule has 0 radical (unpaired) electrons. The largest absolute Gasteiger partial charge is 0.481 e. The van der Waals surface area contributed by atoms with Gasteiger partial charge in [-0.3, -0.25) is 9.59 Å². The summed E-state index contributed by atoms with van der Waals surface area (Å²) in [4.78, 5) is 36.8. The molecule has 4 rings (SSSR count). The Morgan fingerprint density at radius 1 is 1.06 bits per heavy atom. The summed E-state index contributed by atoms with van der Waals surface area (Å²) in [5.74, 6) is -1.91. The Bertz CT molecular complexity index is 1040. The molecule has 0 aromatic heterocycles. The third-order valence-electron chi connectivity index (χ3n) is 6.62. The zero-order valence-corrected chi connectivity index (χ0v) is 20.0. The number of carbonyl (C=O) groups is 3. The first-order valence-electron chi connectivity index (χ1n) is 12.1. The summed E-state index contributed by atoms with van der Waals surface area (Å²) in [6.45, 7) is 4.39. The van der Waals surface area contributed by atoms with Crippen molar-refractivity contribution in [2.24, 2.45) is 11.8 Å². The number of rotatable bonds is 9. The van der Waals surface area contributed by atoms with Crippen LogP contribution in [0.2, 0.25) is 0 Å². The predicted octanol–water partition coefficient (Wildman–Crippen LogP) is 3.55. The summed E-state index contributed by atoms with van der Waals surface area (Å²) >= 11 is 0. The summed E-state index contributed by atoms with van der Waals surface area (Å²) < 4.78 is 11.1. The average Bonchev–Trinajstić information content (AvgIpc) is 3.42. The molecule has 0 bridgehead atoms. The van der Waals surface area contributed by atoms with Crippen LogP contribution in [-0.4, -0.2) is 55.0 Å². The van der Waals surface area contributed by atoms with Crippen LogP contribution in [0.15, 0.2) is 48.5 Å². The maximum atomic E-state index is 12.7. The SMILES string of the molecule is CC(C)CC(CNC(=O)[C@H]1OCC[C@H]1NC(=O)OCC1c2ccccc2-c2ccccc21)C(=O)O. The molecule has 2 aliphatic rings. The number of ether oxygens (including phenoxy) is 2. The molecule has 2 amide bonds. The van der Waals surface area contributed by atoms with E-state index in [1.165, 1.54) is 0 Å². The third-order valence-corrected chi connectivity index (χ3v) is 6.62. The molecule has 2 aromatic rings. The number of amides is 2. The van der Waals surface area contributed by atoms with Gasteiger partial charge in [0.25, 0.3) is 5.91 Å². The smallest absolute Gasteiger partial charge is 0.407 e. The van der Waals surface area contributed by atoms with Crippen LogP contribution in [0.5, 0.6) is 0 Å². The normalized spacial score (nSPS) is 19.6. The van der Waals surface area contributed by atoms with Gasteiger partial charge in [-0.1, -0.05) is 62.4 Å². The number of carboxylic acid groups (broad SMARTS) is 1. The second kappa shape index (κ2) is 10.9. The van der Waals surface area contributed by atoms with Crippen molar-refractivity contribution in [2.45, 2.75) is 44.8 Å². The van der Waals surface area contributed by atoms with Crippen molar-refractivity contribution in [2.75, 3.05) is 19.8 Å². The van der Waals surface area contributed by atoms with Gasteiger partial charge in [0, 0.05) is 19.1 Å². The number of nitrogens with one attached hydrogen (secondary N) is 2. The van der Waals surface area contributed by atoms with Crippen molar-refractivity contribution in [3.8, 4) is 11.1 Å². The number of carboxylic acids is 1.